The maximum Gasteiger partial charge on any atom is 0.258 e. The van der Waals surface area contributed by atoms with Gasteiger partial charge in [-0.15, -0.1) is 0 Å². The summed E-state index contributed by atoms with van der Waals surface area (Å²) < 4.78 is 22.0. The van der Waals surface area contributed by atoms with E-state index in [1.54, 1.807) is 6.20 Å². The van der Waals surface area contributed by atoms with Crippen LogP contribution in [0.2, 0.25) is 0 Å². The first-order valence-electron chi connectivity index (χ1n) is 8.69. The normalized spacial score (nSPS) is 19.5. The van der Waals surface area contributed by atoms with Crippen LogP contribution in [0.4, 0.5) is 10.1 Å². The molecule has 2 atom stereocenters. The summed E-state index contributed by atoms with van der Waals surface area (Å²) in [5.41, 5.74) is -0.237. The Morgan fingerprint density at radius 1 is 1.44 bits per heavy atom. The minimum Gasteiger partial charge on any atom is -0.369 e. The monoisotopic (exact) mass is 371 g/mol. The smallest absolute Gasteiger partial charge is 0.258 e. The summed E-state index contributed by atoms with van der Waals surface area (Å²) in [7, 11) is 0. The minimum atomic E-state index is -0.653. The van der Waals surface area contributed by atoms with Gasteiger partial charge >= 0.3 is 0 Å². The second-order valence-corrected chi connectivity index (χ2v) is 6.33. The molecule has 3 heterocycles. The first-order valence-corrected chi connectivity index (χ1v) is 8.69. The first-order chi connectivity index (χ1) is 13.1. The molecule has 3 aromatic rings. The predicted octanol–water partition coefficient (Wildman–Crippen LogP) is 1.99. The number of H-pyrrole nitrogens is 1. The zero-order valence-electron chi connectivity index (χ0n) is 14.6. The summed E-state index contributed by atoms with van der Waals surface area (Å²) in [4.78, 5) is 35.4. The van der Waals surface area contributed by atoms with Crippen molar-refractivity contribution in [1.29, 1.82) is 0 Å². The molecule has 1 aromatic carbocycles. The van der Waals surface area contributed by atoms with E-state index >= 15 is 0 Å². The summed E-state index contributed by atoms with van der Waals surface area (Å²) in [6, 6.07) is 2.43. The number of aryl methyl sites for hydroxylation is 1. The van der Waals surface area contributed by atoms with Crippen molar-refractivity contribution in [3.63, 3.8) is 0 Å². The molecule has 0 bridgehead atoms. The van der Waals surface area contributed by atoms with E-state index < -0.39 is 23.4 Å². The fraction of sp³-hybridized carbons (Fsp3) is 0.333. The molecule has 8 nitrogen and oxygen atoms in total. The zero-order valence-corrected chi connectivity index (χ0v) is 14.6. The number of rotatable bonds is 4. The number of amides is 1. The third kappa shape index (κ3) is 3.10. The number of carbonyl (C=O) groups excluding carboxylic acids is 1. The van der Waals surface area contributed by atoms with Gasteiger partial charge < -0.3 is 19.6 Å². The van der Waals surface area contributed by atoms with E-state index in [0.29, 0.717) is 25.4 Å². The van der Waals surface area contributed by atoms with Crippen molar-refractivity contribution in [2.24, 2.45) is 5.92 Å². The van der Waals surface area contributed by atoms with Gasteiger partial charge in [-0.1, -0.05) is 0 Å². The Hall–Kier alpha value is -3.07. The van der Waals surface area contributed by atoms with Gasteiger partial charge in [0.05, 0.1) is 28.8 Å². The largest absolute Gasteiger partial charge is 0.369 e. The Morgan fingerprint density at radius 3 is 3.11 bits per heavy atom. The van der Waals surface area contributed by atoms with Crippen molar-refractivity contribution < 1.29 is 13.9 Å². The lowest BCUT2D eigenvalue weighted by atomic mass is 9.99. The molecule has 27 heavy (non-hydrogen) atoms. The summed E-state index contributed by atoms with van der Waals surface area (Å²) in [5, 5.41) is 2.79. The number of benzene rings is 1. The van der Waals surface area contributed by atoms with Crippen LogP contribution < -0.4 is 10.9 Å². The highest BCUT2D eigenvalue weighted by Crippen LogP contribution is 2.35. The lowest BCUT2D eigenvalue weighted by Crippen LogP contribution is -2.27. The molecule has 1 aliphatic rings. The molecular formula is C18H18FN5O3. The van der Waals surface area contributed by atoms with E-state index in [1.165, 1.54) is 12.4 Å². The average molecular weight is 371 g/mol. The van der Waals surface area contributed by atoms with Crippen LogP contribution in [-0.2, 0) is 16.1 Å². The number of carbonyl (C=O) groups is 1. The van der Waals surface area contributed by atoms with Crippen molar-refractivity contribution >= 4 is 22.5 Å². The lowest BCUT2D eigenvalue weighted by Gasteiger charge is -2.19. The van der Waals surface area contributed by atoms with Crippen LogP contribution in [-0.4, -0.2) is 32.0 Å². The number of aromatic amines is 1. The van der Waals surface area contributed by atoms with Crippen LogP contribution in [0.15, 0.2) is 35.6 Å². The van der Waals surface area contributed by atoms with Gasteiger partial charge in [0.25, 0.3) is 5.56 Å². The van der Waals surface area contributed by atoms with E-state index in [0.717, 1.165) is 6.07 Å². The number of hydrogen-bond donors (Lipinski definition) is 2. The molecule has 0 spiro atoms. The van der Waals surface area contributed by atoms with Crippen molar-refractivity contribution in [3.05, 3.63) is 52.8 Å². The summed E-state index contributed by atoms with van der Waals surface area (Å²) >= 11 is 0. The number of aromatic nitrogens is 4. The molecule has 140 valence electrons. The van der Waals surface area contributed by atoms with Gasteiger partial charge in [0.1, 0.15) is 17.7 Å². The second kappa shape index (κ2) is 6.92. The molecule has 0 saturated carbocycles. The standard InChI is InChI=1S/C18H18FN5O3/c1-2-24-5-4-20-16(24)15-10(3-6-27-15)18(26)23-14-7-11-13(8-12(14)19)21-9-22-17(11)25/h4-5,7-10,15H,2-3,6H2,1H3,(H,23,26)(H,21,22,25)/t10-,15-/m1/s1. The summed E-state index contributed by atoms with van der Waals surface area (Å²) in [6.07, 6.45) is 4.71. The maximum atomic E-state index is 14.4. The fourth-order valence-corrected chi connectivity index (χ4v) is 3.37. The lowest BCUT2D eigenvalue weighted by molar-refractivity contribution is -0.121. The number of hydrogen-bond acceptors (Lipinski definition) is 5. The number of fused-ring (bicyclic) bond motifs is 1. The quantitative estimate of drug-likeness (QED) is 0.730. The topological polar surface area (TPSA) is 102 Å². The van der Waals surface area contributed by atoms with Gasteiger partial charge in [0.15, 0.2) is 0 Å². The number of halogens is 1. The third-order valence-electron chi connectivity index (χ3n) is 4.76. The predicted molar refractivity (Wildman–Crippen MR) is 95.7 cm³/mol. The fourth-order valence-electron chi connectivity index (χ4n) is 3.37. The highest BCUT2D eigenvalue weighted by Gasteiger charge is 2.38. The maximum absolute atomic E-state index is 14.4. The van der Waals surface area contributed by atoms with Crippen LogP contribution in [0.3, 0.4) is 0 Å². The Kier molecular flexibility index (Phi) is 4.44. The average Bonchev–Trinajstić information content (AvgIpc) is 3.31. The van der Waals surface area contributed by atoms with Crippen molar-refractivity contribution in [1.82, 2.24) is 19.5 Å². The van der Waals surface area contributed by atoms with E-state index in [4.69, 9.17) is 4.74 Å². The van der Waals surface area contributed by atoms with Gasteiger partial charge in [-0.2, -0.15) is 0 Å². The van der Waals surface area contributed by atoms with Crippen LogP contribution in [0.25, 0.3) is 10.9 Å². The molecule has 0 radical (unpaired) electrons. The number of imidazole rings is 1. The highest BCUT2D eigenvalue weighted by molar-refractivity contribution is 5.95. The third-order valence-corrected chi connectivity index (χ3v) is 4.76. The number of nitrogens with zero attached hydrogens (tertiary/aromatic N) is 3. The number of ether oxygens (including phenoxy) is 1. The molecule has 4 rings (SSSR count). The Bertz CT molecular complexity index is 1060. The molecule has 1 saturated heterocycles. The molecule has 0 aliphatic carbocycles. The van der Waals surface area contributed by atoms with Gasteiger partial charge in [0.2, 0.25) is 5.91 Å². The second-order valence-electron chi connectivity index (χ2n) is 6.33. The summed E-state index contributed by atoms with van der Waals surface area (Å²) in [6.45, 7) is 3.10. The number of nitrogens with one attached hydrogen (secondary N) is 2. The van der Waals surface area contributed by atoms with Crippen molar-refractivity contribution in [2.75, 3.05) is 11.9 Å². The SMILES string of the molecule is CCn1ccnc1[C@@H]1OCC[C@H]1C(=O)Nc1cc2c(=O)[nH]cnc2cc1F. The Morgan fingerprint density at radius 2 is 2.30 bits per heavy atom. The number of anilines is 1. The molecular weight excluding hydrogens is 353 g/mol. The van der Waals surface area contributed by atoms with Crippen molar-refractivity contribution in [2.45, 2.75) is 26.0 Å². The zero-order chi connectivity index (χ0) is 19.0. The summed E-state index contributed by atoms with van der Waals surface area (Å²) in [5.74, 6) is -0.851. The molecule has 1 fully saturated rings. The van der Waals surface area contributed by atoms with Crippen LogP contribution >= 0.6 is 0 Å². The van der Waals surface area contributed by atoms with Crippen LogP contribution in [0.1, 0.15) is 25.3 Å². The molecule has 1 aliphatic heterocycles. The van der Waals surface area contributed by atoms with Gasteiger partial charge in [0, 0.05) is 31.6 Å². The molecule has 2 N–H and O–H groups in total. The Balaban J connectivity index is 1.62. The van der Waals surface area contributed by atoms with E-state index in [9.17, 15) is 14.0 Å². The van der Waals surface area contributed by atoms with Crippen LogP contribution in [0.5, 0.6) is 0 Å². The molecule has 2 aromatic heterocycles. The first kappa shape index (κ1) is 17.3. The van der Waals surface area contributed by atoms with Gasteiger partial charge in [-0.05, 0) is 19.4 Å². The van der Waals surface area contributed by atoms with E-state index in [-0.39, 0.29) is 22.5 Å². The van der Waals surface area contributed by atoms with Gasteiger partial charge in [-0.25, -0.2) is 14.4 Å². The van der Waals surface area contributed by atoms with E-state index in [1.807, 2.05) is 17.7 Å². The van der Waals surface area contributed by atoms with Crippen LogP contribution in [0, 0.1) is 11.7 Å². The molecule has 0 unspecified atom stereocenters. The molecule has 1 amide bonds. The Labute approximate surface area is 153 Å². The minimum absolute atomic E-state index is 0.0597. The van der Waals surface area contributed by atoms with Crippen molar-refractivity contribution in [3.8, 4) is 0 Å². The van der Waals surface area contributed by atoms with E-state index in [2.05, 4.69) is 20.3 Å². The molecule has 9 heteroatoms. The highest BCUT2D eigenvalue weighted by atomic mass is 19.1. The van der Waals surface area contributed by atoms with Gasteiger partial charge in [-0.3, -0.25) is 9.59 Å².